The summed E-state index contributed by atoms with van der Waals surface area (Å²) in [6, 6.07) is -0.0246. The fourth-order valence-corrected chi connectivity index (χ4v) is 1.81. The maximum atomic E-state index is 11.8. The topological polar surface area (TPSA) is 78.9 Å². The number of oxime groups is 1. The number of hydrogen-bond acceptors (Lipinski definition) is 3. The summed E-state index contributed by atoms with van der Waals surface area (Å²) in [4.78, 5) is 13.5. The van der Waals surface area contributed by atoms with E-state index in [9.17, 15) is 4.79 Å². The van der Waals surface area contributed by atoms with Crippen molar-refractivity contribution in [3.05, 3.63) is 0 Å². The average molecular weight is 227 g/mol. The molecule has 0 aliphatic heterocycles. The normalized spacial score (nSPS) is 19.0. The van der Waals surface area contributed by atoms with Crippen LogP contribution in [0.5, 0.6) is 0 Å². The minimum Gasteiger partial charge on any atom is -0.409 e. The maximum absolute atomic E-state index is 11.8. The van der Waals surface area contributed by atoms with Gasteiger partial charge in [-0.1, -0.05) is 11.6 Å². The zero-order chi connectivity index (χ0) is 12.1. The van der Waals surface area contributed by atoms with Gasteiger partial charge in [0.15, 0.2) is 0 Å². The van der Waals surface area contributed by atoms with Gasteiger partial charge in [-0.15, -0.1) is 0 Å². The second-order valence-corrected chi connectivity index (χ2v) is 4.65. The Kier molecular flexibility index (Phi) is 4.58. The van der Waals surface area contributed by atoms with Gasteiger partial charge < -0.3 is 15.8 Å². The Morgan fingerprint density at radius 1 is 1.62 bits per heavy atom. The molecule has 1 saturated carbocycles. The molecule has 5 nitrogen and oxygen atoms in total. The number of nitrogens with two attached hydrogens (primary N) is 1. The van der Waals surface area contributed by atoms with Crippen LogP contribution in [0.3, 0.4) is 0 Å². The number of hydrogen-bond donors (Lipinski definition) is 2. The van der Waals surface area contributed by atoms with Gasteiger partial charge in [0.2, 0.25) is 5.91 Å². The van der Waals surface area contributed by atoms with E-state index < -0.39 is 0 Å². The molecule has 5 heteroatoms. The Morgan fingerprint density at radius 2 is 2.25 bits per heavy atom. The third-order valence-electron chi connectivity index (χ3n) is 3.38. The molecule has 1 fully saturated rings. The molecular weight excluding hydrogens is 206 g/mol. The number of amides is 1. The molecule has 0 saturated heterocycles. The van der Waals surface area contributed by atoms with Crippen molar-refractivity contribution >= 4 is 11.7 Å². The van der Waals surface area contributed by atoms with Crippen LogP contribution in [0.15, 0.2) is 5.16 Å². The molecule has 0 radical (unpaired) electrons. The van der Waals surface area contributed by atoms with E-state index in [-0.39, 0.29) is 17.8 Å². The summed E-state index contributed by atoms with van der Waals surface area (Å²) in [5, 5.41) is 11.4. The van der Waals surface area contributed by atoms with Crippen molar-refractivity contribution in [1.29, 1.82) is 0 Å². The summed E-state index contributed by atoms with van der Waals surface area (Å²) in [6.07, 6.45) is 4.64. The number of carbonyl (C=O) groups is 1. The van der Waals surface area contributed by atoms with Crippen LogP contribution in [0.4, 0.5) is 0 Å². The van der Waals surface area contributed by atoms with E-state index in [1.165, 1.54) is 19.3 Å². The number of rotatable bonds is 5. The molecule has 0 bridgehead atoms. The lowest BCUT2D eigenvalue weighted by Crippen LogP contribution is -2.39. The highest BCUT2D eigenvalue weighted by Gasteiger charge is 2.24. The van der Waals surface area contributed by atoms with Crippen LogP contribution in [0.1, 0.15) is 39.0 Å². The van der Waals surface area contributed by atoms with Gasteiger partial charge in [0.1, 0.15) is 5.84 Å². The Hall–Kier alpha value is -1.26. The van der Waals surface area contributed by atoms with Crippen LogP contribution >= 0.6 is 0 Å². The van der Waals surface area contributed by atoms with E-state index in [1.807, 2.05) is 6.92 Å². The molecule has 0 aromatic heterocycles. The smallest absolute Gasteiger partial charge is 0.222 e. The first-order valence-electron chi connectivity index (χ1n) is 5.76. The van der Waals surface area contributed by atoms with E-state index in [1.54, 1.807) is 11.9 Å². The van der Waals surface area contributed by atoms with Crippen LogP contribution in [-0.2, 0) is 4.79 Å². The van der Waals surface area contributed by atoms with E-state index in [0.29, 0.717) is 18.8 Å². The standard InChI is InChI=1S/C11H21N3O2/c1-8(6-10(12)13-16)14(2)11(15)7-9-4-3-5-9/h8-9,16H,3-7H2,1-2H3,(H2,12,13). The lowest BCUT2D eigenvalue weighted by Gasteiger charge is -2.30. The average Bonchev–Trinajstić information content (AvgIpc) is 2.21. The number of nitrogens with zero attached hydrogens (tertiary/aromatic N) is 2. The highest BCUT2D eigenvalue weighted by atomic mass is 16.4. The van der Waals surface area contributed by atoms with Crippen molar-refractivity contribution in [3.63, 3.8) is 0 Å². The van der Waals surface area contributed by atoms with Crippen molar-refractivity contribution in [2.45, 2.75) is 45.1 Å². The quantitative estimate of drug-likeness (QED) is 0.320. The van der Waals surface area contributed by atoms with Crippen molar-refractivity contribution < 1.29 is 10.0 Å². The van der Waals surface area contributed by atoms with Crippen LogP contribution in [0.2, 0.25) is 0 Å². The van der Waals surface area contributed by atoms with Gasteiger partial charge in [0.05, 0.1) is 0 Å². The number of carbonyl (C=O) groups excluding carboxylic acids is 1. The lowest BCUT2D eigenvalue weighted by molar-refractivity contribution is -0.133. The largest absolute Gasteiger partial charge is 0.409 e. The van der Waals surface area contributed by atoms with Gasteiger partial charge in [-0.05, 0) is 25.7 Å². The summed E-state index contributed by atoms with van der Waals surface area (Å²) < 4.78 is 0. The molecule has 0 heterocycles. The molecule has 16 heavy (non-hydrogen) atoms. The van der Waals surface area contributed by atoms with Gasteiger partial charge in [-0.3, -0.25) is 4.79 Å². The molecule has 0 spiro atoms. The molecule has 3 N–H and O–H groups in total. The fourth-order valence-electron chi connectivity index (χ4n) is 1.81. The molecule has 1 aliphatic carbocycles. The summed E-state index contributed by atoms with van der Waals surface area (Å²) in [7, 11) is 1.77. The molecule has 0 aromatic carbocycles. The zero-order valence-electron chi connectivity index (χ0n) is 10.0. The van der Waals surface area contributed by atoms with Gasteiger partial charge in [0, 0.05) is 25.9 Å². The minimum atomic E-state index is -0.0246. The second-order valence-electron chi connectivity index (χ2n) is 4.65. The Bertz CT molecular complexity index is 274. The fraction of sp³-hybridized carbons (Fsp3) is 0.818. The first-order valence-corrected chi connectivity index (χ1v) is 5.76. The molecule has 1 rings (SSSR count). The summed E-state index contributed by atoms with van der Waals surface area (Å²) in [5.41, 5.74) is 5.41. The Labute approximate surface area is 96.3 Å². The predicted octanol–water partition coefficient (Wildman–Crippen LogP) is 1.16. The summed E-state index contributed by atoms with van der Waals surface area (Å²) in [6.45, 7) is 1.90. The highest BCUT2D eigenvalue weighted by Crippen LogP contribution is 2.29. The molecule has 1 unspecified atom stereocenters. The van der Waals surface area contributed by atoms with Gasteiger partial charge in [-0.2, -0.15) is 0 Å². The third kappa shape index (κ3) is 3.40. The minimum absolute atomic E-state index is 0.0246. The second kappa shape index (κ2) is 5.72. The molecule has 1 atom stereocenters. The van der Waals surface area contributed by atoms with Crippen LogP contribution in [0.25, 0.3) is 0 Å². The van der Waals surface area contributed by atoms with E-state index in [0.717, 1.165) is 0 Å². The van der Waals surface area contributed by atoms with Crippen molar-refractivity contribution in [2.24, 2.45) is 16.8 Å². The summed E-state index contributed by atoms with van der Waals surface area (Å²) >= 11 is 0. The SMILES string of the molecule is CC(CC(N)=NO)N(C)C(=O)CC1CCC1. The first kappa shape index (κ1) is 12.8. The molecule has 1 amide bonds. The van der Waals surface area contributed by atoms with Crippen LogP contribution in [-0.4, -0.2) is 34.9 Å². The van der Waals surface area contributed by atoms with E-state index >= 15 is 0 Å². The molecule has 92 valence electrons. The molecular formula is C11H21N3O2. The molecule has 0 aromatic rings. The van der Waals surface area contributed by atoms with Gasteiger partial charge >= 0.3 is 0 Å². The third-order valence-corrected chi connectivity index (χ3v) is 3.38. The van der Waals surface area contributed by atoms with Crippen molar-refractivity contribution in [2.75, 3.05) is 7.05 Å². The first-order chi connectivity index (χ1) is 7.54. The lowest BCUT2D eigenvalue weighted by atomic mass is 9.82. The monoisotopic (exact) mass is 227 g/mol. The number of amidine groups is 1. The van der Waals surface area contributed by atoms with Crippen LogP contribution in [0, 0.1) is 5.92 Å². The van der Waals surface area contributed by atoms with Gasteiger partial charge in [-0.25, -0.2) is 0 Å². The van der Waals surface area contributed by atoms with Gasteiger partial charge in [0.25, 0.3) is 0 Å². The maximum Gasteiger partial charge on any atom is 0.222 e. The predicted molar refractivity (Wildman–Crippen MR) is 62.2 cm³/mol. The van der Waals surface area contributed by atoms with E-state index in [2.05, 4.69) is 5.16 Å². The molecule has 1 aliphatic rings. The van der Waals surface area contributed by atoms with Crippen molar-refractivity contribution in [1.82, 2.24) is 4.90 Å². The highest BCUT2D eigenvalue weighted by molar-refractivity contribution is 5.82. The van der Waals surface area contributed by atoms with E-state index in [4.69, 9.17) is 10.9 Å². The summed E-state index contributed by atoms with van der Waals surface area (Å²) in [5.74, 6) is 0.893. The zero-order valence-corrected chi connectivity index (χ0v) is 10.0. The Balaban J connectivity index is 2.36. The van der Waals surface area contributed by atoms with Crippen molar-refractivity contribution in [3.8, 4) is 0 Å². The Morgan fingerprint density at radius 3 is 2.69 bits per heavy atom. The van der Waals surface area contributed by atoms with Crippen LogP contribution < -0.4 is 5.73 Å².